The number of halogens is 2. The number of nitrogens with one attached hydrogen (secondary N) is 1. The Balaban J connectivity index is 1.79. The fourth-order valence-corrected chi connectivity index (χ4v) is 2.87. The van der Waals surface area contributed by atoms with Crippen LogP contribution in [-0.4, -0.2) is 24.7 Å². The second-order valence-corrected chi connectivity index (χ2v) is 6.18. The molecule has 0 saturated carbocycles. The van der Waals surface area contributed by atoms with Gasteiger partial charge in [0.2, 0.25) is 5.91 Å². The van der Waals surface area contributed by atoms with Crippen LogP contribution in [0.1, 0.15) is 17.2 Å². The van der Waals surface area contributed by atoms with Crippen LogP contribution in [0.15, 0.2) is 60.7 Å². The van der Waals surface area contributed by atoms with Gasteiger partial charge < -0.3 is 15.2 Å². The van der Waals surface area contributed by atoms with Crippen molar-refractivity contribution in [3.8, 4) is 5.75 Å². The van der Waals surface area contributed by atoms with E-state index in [2.05, 4.69) is 5.32 Å². The predicted octanol–water partition coefficient (Wildman–Crippen LogP) is 3.99. The summed E-state index contributed by atoms with van der Waals surface area (Å²) in [6.45, 7) is -0.330. The summed E-state index contributed by atoms with van der Waals surface area (Å²) in [6.07, 6.45) is 2.11. The molecule has 1 atom stereocenters. The van der Waals surface area contributed by atoms with Crippen LogP contribution in [0.25, 0.3) is 16.8 Å². The molecule has 0 saturated heterocycles. The zero-order valence-corrected chi connectivity index (χ0v) is 15.2. The molecule has 0 aliphatic rings. The minimum atomic E-state index is -0.758. The number of ether oxygens (including phenoxy) is 1. The first-order valence-electron chi connectivity index (χ1n) is 8.63. The van der Waals surface area contributed by atoms with E-state index in [1.165, 1.54) is 6.07 Å². The third-order valence-electron chi connectivity index (χ3n) is 4.37. The number of aliphatic hydroxyl groups is 1. The van der Waals surface area contributed by atoms with Gasteiger partial charge in [-0.2, -0.15) is 0 Å². The molecule has 0 bridgehead atoms. The lowest BCUT2D eigenvalue weighted by molar-refractivity contribution is -0.117. The summed E-state index contributed by atoms with van der Waals surface area (Å²) in [5.74, 6) is -1.39. The molecule has 2 N–H and O–H groups in total. The van der Waals surface area contributed by atoms with Crippen LogP contribution < -0.4 is 10.1 Å². The van der Waals surface area contributed by atoms with Gasteiger partial charge in [-0.15, -0.1) is 0 Å². The van der Waals surface area contributed by atoms with Crippen molar-refractivity contribution in [2.24, 2.45) is 0 Å². The lowest BCUT2D eigenvalue weighted by atomic mass is 10.0. The zero-order valence-electron chi connectivity index (χ0n) is 15.2. The quantitative estimate of drug-likeness (QED) is 0.633. The van der Waals surface area contributed by atoms with Gasteiger partial charge >= 0.3 is 0 Å². The summed E-state index contributed by atoms with van der Waals surface area (Å²) >= 11 is 0. The Morgan fingerprint density at radius 2 is 1.82 bits per heavy atom. The van der Waals surface area contributed by atoms with Crippen LogP contribution in [0.3, 0.4) is 0 Å². The Labute approximate surface area is 161 Å². The van der Waals surface area contributed by atoms with Gasteiger partial charge in [0.05, 0.1) is 19.8 Å². The van der Waals surface area contributed by atoms with Crippen molar-refractivity contribution in [2.75, 3.05) is 13.7 Å². The molecule has 0 aliphatic carbocycles. The molecule has 0 aromatic heterocycles. The third-order valence-corrected chi connectivity index (χ3v) is 4.37. The Kier molecular flexibility index (Phi) is 6.01. The fourth-order valence-electron chi connectivity index (χ4n) is 2.87. The second kappa shape index (κ2) is 8.63. The molecule has 3 aromatic rings. The highest BCUT2D eigenvalue weighted by molar-refractivity contribution is 5.92. The minimum absolute atomic E-state index is 0.295. The van der Waals surface area contributed by atoms with Crippen LogP contribution in [-0.2, 0) is 4.79 Å². The number of amides is 1. The molecule has 4 nitrogen and oxygen atoms in total. The monoisotopic (exact) mass is 383 g/mol. The fraction of sp³-hybridized carbons (Fsp3) is 0.136. The average molecular weight is 383 g/mol. The van der Waals surface area contributed by atoms with E-state index in [0.717, 1.165) is 35.1 Å². The van der Waals surface area contributed by atoms with E-state index in [0.29, 0.717) is 11.3 Å². The molecule has 3 aromatic carbocycles. The van der Waals surface area contributed by atoms with Crippen molar-refractivity contribution >= 4 is 22.8 Å². The van der Waals surface area contributed by atoms with Crippen LogP contribution in [0, 0.1) is 11.6 Å². The molecular weight excluding hydrogens is 364 g/mol. The van der Waals surface area contributed by atoms with Crippen molar-refractivity contribution in [3.63, 3.8) is 0 Å². The minimum Gasteiger partial charge on any atom is -0.497 e. The second-order valence-electron chi connectivity index (χ2n) is 6.18. The first-order chi connectivity index (χ1) is 13.5. The number of hydrogen-bond donors (Lipinski definition) is 2. The van der Waals surface area contributed by atoms with Gasteiger partial charge in [-0.3, -0.25) is 4.79 Å². The summed E-state index contributed by atoms with van der Waals surface area (Å²) < 4.78 is 32.5. The lowest BCUT2D eigenvalue weighted by Gasteiger charge is -2.16. The third kappa shape index (κ3) is 4.35. The highest BCUT2D eigenvalue weighted by Gasteiger charge is 2.13. The number of benzene rings is 3. The Hall–Kier alpha value is -3.25. The van der Waals surface area contributed by atoms with Crippen LogP contribution in [0.2, 0.25) is 0 Å². The number of aliphatic hydroxyl groups excluding tert-OH is 1. The van der Waals surface area contributed by atoms with Crippen molar-refractivity contribution in [2.45, 2.75) is 6.04 Å². The van der Waals surface area contributed by atoms with Crippen LogP contribution >= 0.6 is 0 Å². The number of rotatable bonds is 6. The summed E-state index contributed by atoms with van der Waals surface area (Å²) in [5, 5.41) is 14.2. The standard InChI is InChI=1S/C22H19F2NO3/c1-28-17-8-7-14-5-6-15(11-16(14)12-17)21(13-26)25-22(27)10-9-18-19(23)3-2-4-20(18)24/h2-12,21,26H,13H2,1H3,(H,25,27)/b10-9+. The van der Waals surface area contributed by atoms with Gasteiger partial charge in [-0.1, -0.05) is 24.3 Å². The lowest BCUT2D eigenvalue weighted by Crippen LogP contribution is -2.29. The number of carbonyl (C=O) groups is 1. The van der Waals surface area contributed by atoms with Crippen molar-refractivity contribution < 1.29 is 23.4 Å². The maximum Gasteiger partial charge on any atom is 0.244 e. The van der Waals surface area contributed by atoms with Crippen molar-refractivity contribution in [1.29, 1.82) is 0 Å². The van der Waals surface area contributed by atoms with Crippen molar-refractivity contribution in [3.05, 3.63) is 83.4 Å². The Morgan fingerprint density at radius 3 is 2.50 bits per heavy atom. The van der Waals surface area contributed by atoms with E-state index in [1.807, 2.05) is 30.3 Å². The highest BCUT2D eigenvalue weighted by Crippen LogP contribution is 2.24. The van der Waals surface area contributed by atoms with E-state index in [-0.39, 0.29) is 12.2 Å². The van der Waals surface area contributed by atoms with Gasteiger partial charge in [0.25, 0.3) is 0 Å². The molecule has 0 fully saturated rings. The maximum atomic E-state index is 13.6. The maximum absolute atomic E-state index is 13.6. The summed E-state index contributed by atoms with van der Waals surface area (Å²) in [5.41, 5.74) is 0.401. The van der Waals surface area contributed by atoms with E-state index in [9.17, 15) is 18.7 Å². The summed E-state index contributed by atoms with van der Waals surface area (Å²) in [4.78, 5) is 12.2. The zero-order chi connectivity index (χ0) is 20.1. The predicted molar refractivity (Wildman–Crippen MR) is 104 cm³/mol. The Bertz CT molecular complexity index is 1010. The van der Waals surface area contributed by atoms with Gasteiger partial charge in [-0.25, -0.2) is 8.78 Å². The first kappa shape index (κ1) is 19.5. The van der Waals surface area contributed by atoms with E-state index in [4.69, 9.17) is 4.74 Å². The number of methoxy groups -OCH3 is 1. The van der Waals surface area contributed by atoms with Gasteiger partial charge in [-0.05, 0) is 52.7 Å². The van der Waals surface area contributed by atoms with Gasteiger partial charge in [0.1, 0.15) is 17.4 Å². The van der Waals surface area contributed by atoms with Gasteiger partial charge in [0.15, 0.2) is 0 Å². The highest BCUT2D eigenvalue weighted by atomic mass is 19.1. The first-order valence-corrected chi connectivity index (χ1v) is 8.63. The molecule has 1 unspecified atom stereocenters. The van der Waals surface area contributed by atoms with Crippen LogP contribution in [0.4, 0.5) is 8.78 Å². The van der Waals surface area contributed by atoms with E-state index in [1.54, 1.807) is 13.2 Å². The molecule has 0 spiro atoms. The van der Waals surface area contributed by atoms with Crippen LogP contribution in [0.5, 0.6) is 5.75 Å². The largest absolute Gasteiger partial charge is 0.497 e. The number of hydrogen-bond acceptors (Lipinski definition) is 3. The molecule has 6 heteroatoms. The number of fused-ring (bicyclic) bond motifs is 1. The topological polar surface area (TPSA) is 58.6 Å². The average Bonchev–Trinajstić information content (AvgIpc) is 2.70. The van der Waals surface area contributed by atoms with Gasteiger partial charge in [0, 0.05) is 11.6 Å². The van der Waals surface area contributed by atoms with E-state index >= 15 is 0 Å². The van der Waals surface area contributed by atoms with E-state index < -0.39 is 23.6 Å². The molecular formula is C22H19F2NO3. The van der Waals surface area contributed by atoms with Crippen molar-refractivity contribution in [1.82, 2.24) is 5.32 Å². The normalized spacial score (nSPS) is 12.3. The molecule has 144 valence electrons. The molecule has 0 aliphatic heterocycles. The molecule has 3 rings (SSSR count). The Morgan fingerprint density at radius 1 is 1.11 bits per heavy atom. The number of carbonyl (C=O) groups excluding carboxylic acids is 1. The molecule has 1 amide bonds. The SMILES string of the molecule is COc1ccc2ccc(C(CO)NC(=O)/C=C/c3c(F)cccc3F)cc2c1. The molecule has 0 radical (unpaired) electrons. The summed E-state index contributed by atoms with van der Waals surface area (Å²) in [7, 11) is 1.58. The summed E-state index contributed by atoms with van der Waals surface area (Å²) in [6, 6.07) is 13.9. The molecule has 28 heavy (non-hydrogen) atoms. The molecule has 0 heterocycles. The smallest absolute Gasteiger partial charge is 0.244 e.